The summed E-state index contributed by atoms with van der Waals surface area (Å²) in [6.45, 7) is 3.40. The fraction of sp³-hybridized carbons (Fsp3) is 0.273. The fourth-order valence-corrected chi connectivity index (χ4v) is 1.32. The van der Waals surface area contributed by atoms with Crippen LogP contribution in [0.15, 0.2) is 29.3 Å². The molecule has 2 rings (SSSR count). The van der Waals surface area contributed by atoms with Crippen LogP contribution < -0.4 is 15.4 Å². The van der Waals surface area contributed by atoms with Crippen LogP contribution >= 0.6 is 0 Å². The number of ether oxygens (including phenoxy) is 1. The van der Waals surface area contributed by atoms with Gasteiger partial charge in [-0.05, 0) is 19.1 Å². The number of benzene rings is 1. The molecule has 0 fully saturated rings. The number of rotatable bonds is 1. The third-order valence-electron chi connectivity index (χ3n) is 2.13. The predicted octanol–water partition coefficient (Wildman–Crippen LogP) is 1.04. The molecule has 0 saturated heterocycles. The summed E-state index contributed by atoms with van der Waals surface area (Å²) in [4.78, 5) is 15.4. The SMILES string of the molecule is Cc1ccc(OC(=O)NC2=NCCN2)cc1. The van der Waals surface area contributed by atoms with Crippen molar-refractivity contribution in [3.63, 3.8) is 0 Å². The van der Waals surface area contributed by atoms with E-state index in [1.807, 2.05) is 19.1 Å². The van der Waals surface area contributed by atoms with Crippen LogP contribution in [0.1, 0.15) is 5.56 Å². The quantitative estimate of drug-likeness (QED) is 0.742. The van der Waals surface area contributed by atoms with Crippen molar-refractivity contribution in [2.75, 3.05) is 13.1 Å². The molecule has 1 aliphatic heterocycles. The highest BCUT2D eigenvalue weighted by Crippen LogP contribution is 2.11. The highest BCUT2D eigenvalue weighted by molar-refractivity contribution is 5.95. The largest absolute Gasteiger partial charge is 0.419 e. The number of aryl methyl sites for hydroxylation is 1. The van der Waals surface area contributed by atoms with Crippen LogP contribution in [0.4, 0.5) is 4.79 Å². The third-order valence-corrected chi connectivity index (χ3v) is 2.13. The summed E-state index contributed by atoms with van der Waals surface area (Å²) in [6, 6.07) is 7.26. The standard InChI is InChI=1S/C11H13N3O2/c1-8-2-4-9(5-3-8)16-11(15)14-10-12-6-7-13-10/h2-5H,6-7H2,1H3,(H2,12,13,14,15). The van der Waals surface area contributed by atoms with Gasteiger partial charge in [0.05, 0.1) is 6.54 Å². The first-order valence-corrected chi connectivity index (χ1v) is 5.08. The normalized spacial score (nSPS) is 13.9. The Bertz CT molecular complexity index is 412. The lowest BCUT2D eigenvalue weighted by Crippen LogP contribution is -2.39. The molecule has 1 aliphatic rings. The van der Waals surface area contributed by atoms with Crippen molar-refractivity contribution < 1.29 is 9.53 Å². The molecule has 2 N–H and O–H groups in total. The Morgan fingerprint density at radius 1 is 1.44 bits per heavy atom. The van der Waals surface area contributed by atoms with E-state index < -0.39 is 6.09 Å². The average Bonchev–Trinajstić information content (AvgIpc) is 2.74. The Labute approximate surface area is 93.5 Å². The summed E-state index contributed by atoms with van der Waals surface area (Å²) >= 11 is 0. The molecular formula is C11H13N3O2. The fourth-order valence-electron chi connectivity index (χ4n) is 1.32. The van der Waals surface area contributed by atoms with E-state index in [2.05, 4.69) is 15.6 Å². The van der Waals surface area contributed by atoms with E-state index in [-0.39, 0.29) is 0 Å². The second kappa shape index (κ2) is 4.65. The molecule has 16 heavy (non-hydrogen) atoms. The van der Waals surface area contributed by atoms with Gasteiger partial charge in [0.2, 0.25) is 5.96 Å². The van der Waals surface area contributed by atoms with Crippen LogP contribution in [-0.2, 0) is 0 Å². The number of carbonyl (C=O) groups is 1. The highest BCUT2D eigenvalue weighted by Gasteiger charge is 2.10. The molecule has 0 unspecified atom stereocenters. The molecule has 1 aromatic rings. The first-order chi connectivity index (χ1) is 7.74. The zero-order valence-corrected chi connectivity index (χ0v) is 8.99. The smallest absolute Gasteiger partial charge is 0.410 e. The first-order valence-electron chi connectivity index (χ1n) is 5.08. The Morgan fingerprint density at radius 2 is 2.19 bits per heavy atom. The van der Waals surface area contributed by atoms with Crippen molar-refractivity contribution >= 4 is 12.1 Å². The second-order valence-corrected chi connectivity index (χ2v) is 3.48. The van der Waals surface area contributed by atoms with Crippen molar-refractivity contribution in [1.29, 1.82) is 0 Å². The zero-order chi connectivity index (χ0) is 11.4. The van der Waals surface area contributed by atoms with Gasteiger partial charge in [-0.3, -0.25) is 10.3 Å². The van der Waals surface area contributed by atoms with Gasteiger partial charge in [-0.15, -0.1) is 0 Å². The molecule has 0 bridgehead atoms. The molecule has 0 aromatic heterocycles. The van der Waals surface area contributed by atoms with E-state index in [4.69, 9.17) is 4.74 Å². The Balaban J connectivity index is 1.89. The number of nitrogens with zero attached hydrogens (tertiary/aromatic N) is 1. The zero-order valence-electron chi connectivity index (χ0n) is 8.99. The van der Waals surface area contributed by atoms with Crippen LogP contribution in [0.5, 0.6) is 5.75 Å². The van der Waals surface area contributed by atoms with Crippen LogP contribution in [0.2, 0.25) is 0 Å². The van der Waals surface area contributed by atoms with Gasteiger partial charge in [-0.1, -0.05) is 17.7 Å². The maximum Gasteiger partial charge on any atom is 0.419 e. The van der Waals surface area contributed by atoms with Crippen LogP contribution in [-0.4, -0.2) is 25.1 Å². The number of hydrogen-bond acceptors (Lipinski definition) is 4. The van der Waals surface area contributed by atoms with Gasteiger partial charge < -0.3 is 10.1 Å². The Hall–Kier alpha value is -2.04. The van der Waals surface area contributed by atoms with Gasteiger partial charge in [-0.2, -0.15) is 0 Å². The lowest BCUT2D eigenvalue weighted by Gasteiger charge is -2.06. The summed E-state index contributed by atoms with van der Waals surface area (Å²) in [7, 11) is 0. The number of aliphatic imine (C=N–C) groups is 1. The van der Waals surface area contributed by atoms with Crippen molar-refractivity contribution in [2.45, 2.75) is 6.92 Å². The van der Waals surface area contributed by atoms with Crippen molar-refractivity contribution in [3.05, 3.63) is 29.8 Å². The maximum atomic E-state index is 11.4. The van der Waals surface area contributed by atoms with E-state index in [9.17, 15) is 4.79 Å². The minimum atomic E-state index is -0.531. The Morgan fingerprint density at radius 3 is 2.81 bits per heavy atom. The molecule has 0 atom stereocenters. The summed E-state index contributed by atoms with van der Waals surface area (Å²) < 4.78 is 5.06. The number of hydrogen-bond donors (Lipinski definition) is 2. The summed E-state index contributed by atoms with van der Waals surface area (Å²) in [5.41, 5.74) is 1.12. The van der Waals surface area contributed by atoms with E-state index >= 15 is 0 Å². The molecule has 5 heteroatoms. The number of amides is 1. The molecule has 0 aliphatic carbocycles. The van der Waals surface area contributed by atoms with Crippen molar-refractivity contribution in [3.8, 4) is 5.75 Å². The molecule has 84 valence electrons. The molecule has 1 heterocycles. The summed E-state index contributed by atoms with van der Waals surface area (Å²) in [5, 5.41) is 5.44. The molecule has 5 nitrogen and oxygen atoms in total. The molecule has 0 radical (unpaired) electrons. The van der Waals surface area contributed by atoms with Gasteiger partial charge in [0, 0.05) is 6.54 Å². The van der Waals surface area contributed by atoms with Gasteiger partial charge in [0.25, 0.3) is 0 Å². The minimum absolute atomic E-state index is 0.470. The molecule has 0 spiro atoms. The summed E-state index contributed by atoms with van der Waals surface area (Å²) in [6.07, 6.45) is -0.531. The van der Waals surface area contributed by atoms with Crippen molar-refractivity contribution in [2.24, 2.45) is 4.99 Å². The van der Waals surface area contributed by atoms with E-state index in [0.29, 0.717) is 18.3 Å². The average molecular weight is 219 g/mol. The van der Waals surface area contributed by atoms with Gasteiger partial charge >= 0.3 is 6.09 Å². The summed E-state index contributed by atoms with van der Waals surface area (Å²) in [5.74, 6) is 0.985. The van der Waals surface area contributed by atoms with Crippen LogP contribution in [0, 0.1) is 6.92 Å². The lowest BCUT2D eigenvalue weighted by atomic mass is 10.2. The number of nitrogens with one attached hydrogen (secondary N) is 2. The molecule has 0 saturated carbocycles. The predicted molar refractivity (Wildman–Crippen MR) is 60.6 cm³/mol. The molecular weight excluding hydrogens is 206 g/mol. The van der Waals surface area contributed by atoms with Crippen molar-refractivity contribution in [1.82, 2.24) is 10.6 Å². The van der Waals surface area contributed by atoms with E-state index in [1.54, 1.807) is 12.1 Å². The molecule has 1 amide bonds. The highest BCUT2D eigenvalue weighted by atomic mass is 16.6. The monoisotopic (exact) mass is 219 g/mol. The number of carbonyl (C=O) groups excluding carboxylic acids is 1. The maximum absolute atomic E-state index is 11.4. The molecule has 1 aromatic carbocycles. The number of guanidine groups is 1. The van der Waals surface area contributed by atoms with Crippen LogP contribution in [0.25, 0.3) is 0 Å². The Kier molecular flexibility index (Phi) is 3.05. The van der Waals surface area contributed by atoms with E-state index in [1.165, 1.54) is 0 Å². The van der Waals surface area contributed by atoms with Gasteiger partial charge in [0.15, 0.2) is 0 Å². The lowest BCUT2D eigenvalue weighted by molar-refractivity contribution is 0.206. The second-order valence-electron chi connectivity index (χ2n) is 3.48. The third kappa shape index (κ3) is 2.73. The van der Waals surface area contributed by atoms with Gasteiger partial charge in [-0.25, -0.2) is 4.79 Å². The first kappa shape index (κ1) is 10.5. The van der Waals surface area contributed by atoms with Gasteiger partial charge in [0.1, 0.15) is 5.75 Å². The van der Waals surface area contributed by atoms with E-state index in [0.717, 1.165) is 12.1 Å². The topological polar surface area (TPSA) is 62.7 Å². The van der Waals surface area contributed by atoms with Crippen LogP contribution in [0.3, 0.4) is 0 Å². The minimum Gasteiger partial charge on any atom is -0.410 e.